The Labute approximate surface area is 168 Å². The summed E-state index contributed by atoms with van der Waals surface area (Å²) in [6.45, 7) is 5.91. The van der Waals surface area contributed by atoms with Crippen molar-refractivity contribution in [2.45, 2.75) is 39.7 Å². The smallest absolute Gasteiger partial charge is 0.255 e. The van der Waals surface area contributed by atoms with Crippen LogP contribution < -0.4 is 21.1 Å². The third-order valence-electron chi connectivity index (χ3n) is 3.46. The second kappa shape index (κ2) is 13.7. The van der Waals surface area contributed by atoms with Crippen LogP contribution in [0.5, 0.6) is 5.75 Å². The van der Waals surface area contributed by atoms with Crippen molar-refractivity contribution in [2.75, 3.05) is 20.2 Å². The van der Waals surface area contributed by atoms with Crippen LogP contribution in [-0.2, 0) is 11.3 Å². The van der Waals surface area contributed by atoms with Gasteiger partial charge in [0.2, 0.25) is 0 Å². The van der Waals surface area contributed by atoms with Gasteiger partial charge in [0.25, 0.3) is 5.91 Å². The zero-order valence-corrected chi connectivity index (χ0v) is 17.7. The van der Waals surface area contributed by atoms with Gasteiger partial charge in [-0.25, -0.2) is 0 Å². The van der Waals surface area contributed by atoms with Crippen molar-refractivity contribution in [1.29, 1.82) is 0 Å². The van der Waals surface area contributed by atoms with Crippen molar-refractivity contribution in [3.63, 3.8) is 0 Å². The lowest BCUT2D eigenvalue weighted by Crippen LogP contribution is -2.37. The minimum atomic E-state index is -0.486. The molecule has 0 aliphatic carbocycles. The molecule has 25 heavy (non-hydrogen) atoms. The molecular formula is C18H31IN4O2. The van der Waals surface area contributed by atoms with Gasteiger partial charge in [-0.05, 0) is 30.0 Å². The first-order valence-electron chi connectivity index (χ1n) is 8.45. The molecule has 0 spiro atoms. The van der Waals surface area contributed by atoms with Crippen molar-refractivity contribution in [1.82, 2.24) is 10.6 Å². The van der Waals surface area contributed by atoms with Crippen LogP contribution in [0.3, 0.4) is 0 Å². The highest BCUT2D eigenvalue weighted by atomic mass is 127. The average Bonchev–Trinajstić information content (AvgIpc) is 2.55. The topological polar surface area (TPSA) is 88.7 Å². The van der Waals surface area contributed by atoms with Gasteiger partial charge in [-0.3, -0.25) is 9.79 Å². The summed E-state index contributed by atoms with van der Waals surface area (Å²) in [5.41, 5.74) is 6.12. The number of ether oxygens (including phenoxy) is 1. The Morgan fingerprint density at radius 3 is 2.68 bits per heavy atom. The van der Waals surface area contributed by atoms with E-state index in [4.69, 9.17) is 10.5 Å². The second-order valence-electron chi connectivity index (χ2n) is 6.14. The third kappa shape index (κ3) is 11.6. The fourth-order valence-corrected chi connectivity index (χ4v) is 2.19. The number of nitrogens with one attached hydrogen (secondary N) is 2. The molecule has 0 radical (unpaired) electrons. The van der Waals surface area contributed by atoms with E-state index in [-0.39, 0.29) is 30.6 Å². The van der Waals surface area contributed by atoms with E-state index in [2.05, 4.69) is 29.5 Å². The molecule has 4 N–H and O–H groups in total. The van der Waals surface area contributed by atoms with Gasteiger partial charge >= 0.3 is 0 Å². The van der Waals surface area contributed by atoms with Gasteiger partial charge in [-0.15, -0.1) is 24.0 Å². The molecule has 1 rings (SSSR count). The van der Waals surface area contributed by atoms with Crippen LogP contribution in [0.1, 0.15) is 38.7 Å². The highest BCUT2D eigenvalue weighted by Gasteiger charge is 2.02. The first-order chi connectivity index (χ1) is 11.5. The molecule has 0 atom stereocenters. The van der Waals surface area contributed by atoms with E-state index < -0.39 is 5.91 Å². The Bertz CT molecular complexity index is 536. The Hall–Kier alpha value is -1.51. The molecule has 0 saturated carbocycles. The van der Waals surface area contributed by atoms with Gasteiger partial charge in [0.15, 0.2) is 12.6 Å². The molecule has 0 aliphatic heterocycles. The highest BCUT2D eigenvalue weighted by Crippen LogP contribution is 2.13. The molecule has 0 heterocycles. The van der Waals surface area contributed by atoms with E-state index in [9.17, 15) is 4.79 Å². The normalized spacial score (nSPS) is 11.0. The molecule has 0 unspecified atom stereocenters. The summed E-state index contributed by atoms with van der Waals surface area (Å²) >= 11 is 0. The lowest BCUT2D eigenvalue weighted by molar-refractivity contribution is -0.119. The molecule has 0 fully saturated rings. The number of nitrogens with zero attached hydrogens (tertiary/aromatic N) is 1. The maximum absolute atomic E-state index is 10.8. The van der Waals surface area contributed by atoms with Crippen LogP contribution in [0.25, 0.3) is 0 Å². The molecule has 6 nitrogen and oxygen atoms in total. The number of benzene rings is 1. The number of primary amides is 1. The number of nitrogens with two attached hydrogens (primary N) is 1. The van der Waals surface area contributed by atoms with Crippen LogP contribution in [0.15, 0.2) is 29.3 Å². The largest absolute Gasteiger partial charge is 0.484 e. The summed E-state index contributed by atoms with van der Waals surface area (Å²) in [6, 6.07) is 7.55. The van der Waals surface area contributed by atoms with E-state index in [1.807, 2.05) is 18.2 Å². The molecule has 1 aromatic carbocycles. The summed E-state index contributed by atoms with van der Waals surface area (Å²) in [7, 11) is 1.76. The lowest BCUT2D eigenvalue weighted by atomic mass is 10.1. The fourth-order valence-electron chi connectivity index (χ4n) is 2.19. The predicted molar refractivity (Wildman–Crippen MR) is 113 cm³/mol. The number of carbonyl (C=O) groups is 1. The number of hydrogen-bond donors (Lipinski definition) is 3. The van der Waals surface area contributed by atoms with E-state index in [1.165, 1.54) is 12.8 Å². The van der Waals surface area contributed by atoms with Crippen molar-refractivity contribution >= 4 is 35.8 Å². The minimum absolute atomic E-state index is 0. The second-order valence-corrected chi connectivity index (χ2v) is 6.14. The Morgan fingerprint density at radius 2 is 2.04 bits per heavy atom. The van der Waals surface area contributed by atoms with Crippen LogP contribution in [0.4, 0.5) is 0 Å². The monoisotopic (exact) mass is 462 g/mol. The summed E-state index contributed by atoms with van der Waals surface area (Å²) in [5.74, 6) is 1.68. The number of carbonyl (C=O) groups excluding carboxylic acids is 1. The quantitative estimate of drug-likeness (QED) is 0.216. The number of aliphatic imine (C=N–C) groups is 1. The summed E-state index contributed by atoms with van der Waals surface area (Å²) < 4.78 is 5.30. The highest BCUT2D eigenvalue weighted by molar-refractivity contribution is 14.0. The van der Waals surface area contributed by atoms with E-state index >= 15 is 0 Å². The van der Waals surface area contributed by atoms with Crippen LogP contribution in [0.2, 0.25) is 0 Å². The molecule has 0 aromatic heterocycles. The van der Waals surface area contributed by atoms with E-state index in [0.29, 0.717) is 12.3 Å². The van der Waals surface area contributed by atoms with Crippen molar-refractivity contribution in [3.8, 4) is 5.75 Å². The van der Waals surface area contributed by atoms with Gasteiger partial charge < -0.3 is 21.1 Å². The number of guanidine groups is 1. The van der Waals surface area contributed by atoms with E-state index in [1.54, 1.807) is 13.1 Å². The molecule has 7 heteroatoms. The zero-order valence-electron chi connectivity index (χ0n) is 15.4. The van der Waals surface area contributed by atoms with Crippen molar-refractivity contribution < 1.29 is 9.53 Å². The maximum Gasteiger partial charge on any atom is 0.255 e. The van der Waals surface area contributed by atoms with Crippen molar-refractivity contribution in [3.05, 3.63) is 29.8 Å². The van der Waals surface area contributed by atoms with Gasteiger partial charge in [0.05, 0.1) is 0 Å². The molecule has 1 aromatic rings. The Kier molecular flexibility index (Phi) is 12.9. The third-order valence-corrected chi connectivity index (χ3v) is 3.46. The Balaban J connectivity index is 0.00000576. The molecule has 1 amide bonds. The SMILES string of the molecule is CN=C(NCCCCC(C)C)NCc1cccc(OCC(N)=O)c1.I. The zero-order chi connectivity index (χ0) is 17.8. The van der Waals surface area contributed by atoms with Crippen molar-refractivity contribution in [2.24, 2.45) is 16.6 Å². The molecule has 0 saturated heterocycles. The number of amides is 1. The first kappa shape index (κ1) is 23.5. The molecule has 0 aliphatic rings. The van der Waals surface area contributed by atoms with Gasteiger partial charge in [0.1, 0.15) is 5.75 Å². The van der Waals surface area contributed by atoms with Crippen LogP contribution >= 0.6 is 24.0 Å². The van der Waals surface area contributed by atoms with E-state index in [0.717, 1.165) is 30.4 Å². The van der Waals surface area contributed by atoms with Crippen LogP contribution in [0, 0.1) is 5.92 Å². The van der Waals surface area contributed by atoms with Gasteiger partial charge in [-0.2, -0.15) is 0 Å². The minimum Gasteiger partial charge on any atom is -0.484 e. The average molecular weight is 462 g/mol. The van der Waals surface area contributed by atoms with Crippen LogP contribution in [-0.4, -0.2) is 32.1 Å². The molecule has 0 bridgehead atoms. The predicted octanol–water partition coefficient (Wildman–Crippen LogP) is 2.66. The number of halogens is 1. The first-order valence-corrected chi connectivity index (χ1v) is 8.45. The van der Waals surface area contributed by atoms with Gasteiger partial charge in [-0.1, -0.05) is 38.8 Å². The van der Waals surface area contributed by atoms with Gasteiger partial charge in [0, 0.05) is 20.1 Å². The number of rotatable bonds is 10. The maximum atomic E-state index is 10.8. The Morgan fingerprint density at radius 1 is 1.28 bits per heavy atom. The summed E-state index contributed by atoms with van der Waals surface area (Å²) in [4.78, 5) is 15.0. The molecular weight excluding hydrogens is 431 g/mol. The molecule has 142 valence electrons. The fraction of sp³-hybridized carbons (Fsp3) is 0.556. The number of unbranched alkanes of at least 4 members (excludes halogenated alkanes) is 1. The number of hydrogen-bond acceptors (Lipinski definition) is 3. The summed E-state index contributed by atoms with van der Waals surface area (Å²) in [6.07, 6.45) is 3.61. The standard InChI is InChI=1S/C18H30N4O2.HI/c1-14(2)7-4-5-10-21-18(20-3)22-12-15-8-6-9-16(11-15)24-13-17(19)23;/h6,8-9,11,14H,4-5,7,10,12-13H2,1-3H3,(H2,19,23)(H2,20,21,22);1H. The summed E-state index contributed by atoms with van der Waals surface area (Å²) in [5, 5.41) is 6.58. The lowest BCUT2D eigenvalue weighted by Gasteiger charge is -2.13.